The number of aliphatic hydroxyl groups excluding tert-OH is 1. The van der Waals surface area contributed by atoms with Crippen LogP contribution in [0.1, 0.15) is 20.8 Å². The van der Waals surface area contributed by atoms with Gasteiger partial charge in [0.2, 0.25) is 0 Å². The molecule has 5 nitrogen and oxygen atoms in total. The summed E-state index contributed by atoms with van der Waals surface area (Å²) in [6, 6.07) is 4.25. The van der Waals surface area contributed by atoms with E-state index < -0.39 is 18.5 Å². The Hall–Kier alpha value is -1.96. The van der Waals surface area contributed by atoms with E-state index in [1.807, 2.05) is 0 Å². The van der Waals surface area contributed by atoms with Crippen LogP contribution in [0.25, 0.3) is 0 Å². The van der Waals surface area contributed by atoms with Crippen molar-refractivity contribution in [1.29, 1.82) is 0 Å². The molecule has 1 aromatic rings. The number of halogens is 3. The maximum Gasteiger partial charge on any atom is 0.573 e. The SMILES string of the molecule is CC(O)CN(C(=O)Nc1ccc(OC(F)(F)F)cc1)C(C)C. The predicted molar refractivity (Wildman–Crippen MR) is 75.7 cm³/mol. The van der Waals surface area contributed by atoms with E-state index in [1.165, 1.54) is 17.0 Å². The minimum atomic E-state index is -4.75. The van der Waals surface area contributed by atoms with Crippen molar-refractivity contribution in [1.82, 2.24) is 4.90 Å². The first-order valence-electron chi connectivity index (χ1n) is 6.70. The lowest BCUT2D eigenvalue weighted by Crippen LogP contribution is -2.43. The number of carbonyl (C=O) groups is 1. The summed E-state index contributed by atoms with van der Waals surface area (Å²) in [7, 11) is 0. The van der Waals surface area contributed by atoms with Crippen LogP contribution in [0.2, 0.25) is 0 Å². The van der Waals surface area contributed by atoms with Crippen molar-refractivity contribution in [2.45, 2.75) is 39.3 Å². The minimum Gasteiger partial charge on any atom is -0.406 e. The zero-order valence-corrected chi connectivity index (χ0v) is 12.5. The quantitative estimate of drug-likeness (QED) is 0.876. The zero-order valence-electron chi connectivity index (χ0n) is 12.5. The van der Waals surface area contributed by atoms with Gasteiger partial charge in [-0.15, -0.1) is 13.2 Å². The Labute approximate surface area is 126 Å². The van der Waals surface area contributed by atoms with Gasteiger partial charge in [-0.1, -0.05) is 0 Å². The fourth-order valence-corrected chi connectivity index (χ4v) is 1.75. The Morgan fingerprint density at radius 2 is 1.82 bits per heavy atom. The number of hydrogen-bond donors (Lipinski definition) is 2. The maximum atomic E-state index is 12.1. The van der Waals surface area contributed by atoms with E-state index in [0.717, 1.165) is 12.1 Å². The third-order valence-electron chi connectivity index (χ3n) is 2.68. The third-order valence-corrected chi connectivity index (χ3v) is 2.68. The van der Waals surface area contributed by atoms with Gasteiger partial charge in [0.15, 0.2) is 0 Å². The number of benzene rings is 1. The summed E-state index contributed by atoms with van der Waals surface area (Å²) in [5.41, 5.74) is 0.329. The van der Waals surface area contributed by atoms with Gasteiger partial charge in [0, 0.05) is 18.3 Å². The summed E-state index contributed by atoms with van der Waals surface area (Å²) in [5, 5.41) is 11.9. The second-order valence-electron chi connectivity index (χ2n) is 5.10. The number of urea groups is 1. The molecule has 0 fully saturated rings. The minimum absolute atomic E-state index is 0.137. The van der Waals surface area contributed by atoms with Gasteiger partial charge in [-0.3, -0.25) is 0 Å². The lowest BCUT2D eigenvalue weighted by Gasteiger charge is -2.28. The van der Waals surface area contributed by atoms with Crippen molar-refractivity contribution in [3.8, 4) is 5.75 Å². The van der Waals surface area contributed by atoms with E-state index in [1.54, 1.807) is 20.8 Å². The molecule has 2 N–H and O–H groups in total. The molecule has 0 bridgehead atoms. The number of amides is 2. The molecule has 0 aliphatic rings. The zero-order chi connectivity index (χ0) is 16.9. The van der Waals surface area contributed by atoms with E-state index in [2.05, 4.69) is 10.1 Å². The monoisotopic (exact) mass is 320 g/mol. The molecule has 0 saturated heterocycles. The molecule has 0 aliphatic carbocycles. The number of hydrogen-bond acceptors (Lipinski definition) is 3. The maximum absolute atomic E-state index is 12.1. The normalized spacial score (nSPS) is 12.9. The van der Waals surface area contributed by atoms with E-state index in [9.17, 15) is 23.1 Å². The van der Waals surface area contributed by atoms with Crippen molar-refractivity contribution >= 4 is 11.7 Å². The molecule has 0 radical (unpaired) electrons. The predicted octanol–water partition coefficient (Wildman–Crippen LogP) is 3.21. The molecule has 124 valence electrons. The summed E-state index contributed by atoms with van der Waals surface area (Å²) in [5.74, 6) is -0.366. The first-order valence-corrected chi connectivity index (χ1v) is 6.70. The first kappa shape index (κ1) is 18.1. The molecule has 1 atom stereocenters. The average molecular weight is 320 g/mol. The van der Waals surface area contributed by atoms with Crippen LogP contribution >= 0.6 is 0 Å². The van der Waals surface area contributed by atoms with Gasteiger partial charge in [0.05, 0.1) is 6.10 Å². The van der Waals surface area contributed by atoms with E-state index in [4.69, 9.17) is 0 Å². The molecule has 0 aliphatic heterocycles. The Bertz CT molecular complexity index is 487. The Kier molecular flexibility index (Phi) is 6.04. The molecule has 2 amide bonds. The average Bonchev–Trinajstić information content (AvgIpc) is 2.36. The molecule has 0 heterocycles. The topological polar surface area (TPSA) is 61.8 Å². The second kappa shape index (κ2) is 7.35. The number of aliphatic hydroxyl groups is 1. The van der Waals surface area contributed by atoms with Gasteiger partial charge < -0.3 is 20.1 Å². The second-order valence-corrected chi connectivity index (χ2v) is 5.10. The first-order chi connectivity index (χ1) is 10.1. The van der Waals surface area contributed by atoms with Crippen molar-refractivity contribution in [2.24, 2.45) is 0 Å². The van der Waals surface area contributed by atoms with Crippen molar-refractivity contribution in [3.05, 3.63) is 24.3 Å². The highest BCUT2D eigenvalue weighted by Gasteiger charge is 2.31. The molecule has 0 spiro atoms. The van der Waals surface area contributed by atoms with Gasteiger partial charge >= 0.3 is 12.4 Å². The van der Waals surface area contributed by atoms with E-state index >= 15 is 0 Å². The highest BCUT2D eigenvalue weighted by Crippen LogP contribution is 2.24. The van der Waals surface area contributed by atoms with Gasteiger partial charge in [0.25, 0.3) is 0 Å². The number of anilines is 1. The molecular weight excluding hydrogens is 301 g/mol. The highest BCUT2D eigenvalue weighted by atomic mass is 19.4. The molecule has 8 heteroatoms. The summed E-state index contributed by atoms with van der Waals surface area (Å²) in [6.07, 6.45) is -5.44. The molecule has 1 rings (SSSR count). The fraction of sp³-hybridized carbons (Fsp3) is 0.500. The number of carbonyl (C=O) groups excluding carboxylic acids is 1. The summed E-state index contributed by atoms with van der Waals surface area (Å²) in [4.78, 5) is 13.5. The number of nitrogens with one attached hydrogen (secondary N) is 1. The summed E-state index contributed by atoms with van der Waals surface area (Å²) < 4.78 is 39.9. The van der Waals surface area contributed by atoms with Crippen LogP contribution in [-0.4, -0.2) is 41.1 Å². The fourth-order valence-electron chi connectivity index (χ4n) is 1.75. The summed E-state index contributed by atoms with van der Waals surface area (Å²) in [6.45, 7) is 5.30. The van der Waals surface area contributed by atoms with Crippen molar-refractivity contribution < 1.29 is 27.8 Å². The lowest BCUT2D eigenvalue weighted by molar-refractivity contribution is -0.274. The molecule has 1 unspecified atom stereocenters. The lowest BCUT2D eigenvalue weighted by atomic mass is 10.2. The number of alkyl halides is 3. The number of ether oxygens (including phenoxy) is 1. The molecule has 0 saturated carbocycles. The Morgan fingerprint density at radius 1 is 1.27 bits per heavy atom. The Balaban J connectivity index is 2.71. The number of rotatable bonds is 5. The van der Waals surface area contributed by atoms with E-state index in [0.29, 0.717) is 5.69 Å². The van der Waals surface area contributed by atoms with Crippen LogP contribution < -0.4 is 10.1 Å². The van der Waals surface area contributed by atoms with Crippen LogP contribution in [0.3, 0.4) is 0 Å². The van der Waals surface area contributed by atoms with Crippen LogP contribution in [0.15, 0.2) is 24.3 Å². The van der Waals surface area contributed by atoms with Gasteiger partial charge in [-0.2, -0.15) is 0 Å². The molecular formula is C14H19F3N2O3. The van der Waals surface area contributed by atoms with Gasteiger partial charge in [-0.25, -0.2) is 4.79 Å². The molecule has 22 heavy (non-hydrogen) atoms. The number of nitrogens with zero attached hydrogens (tertiary/aromatic N) is 1. The van der Waals surface area contributed by atoms with E-state index in [-0.39, 0.29) is 18.3 Å². The van der Waals surface area contributed by atoms with Gasteiger partial charge in [-0.05, 0) is 45.0 Å². The van der Waals surface area contributed by atoms with Crippen molar-refractivity contribution in [2.75, 3.05) is 11.9 Å². The largest absolute Gasteiger partial charge is 0.573 e. The van der Waals surface area contributed by atoms with Crippen LogP contribution in [0, 0.1) is 0 Å². The molecule has 0 aromatic heterocycles. The molecule has 1 aromatic carbocycles. The van der Waals surface area contributed by atoms with Crippen LogP contribution in [0.4, 0.5) is 23.7 Å². The Morgan fingerprint density at radius 3 is 2.23 bits per heavy atom. The third kappa shape index (κ3) is 6.21. The van der Waals surface area contributed by atoms with Crippen molar-refractivity contribution in [3.63, 3.8) is 0 Å². The van der Waals surface area contributed by atoms with Gasteiger partial charge in [0.1, 0.15) is 5.75 Å². The smallest absolute Gasteiger partial charge is 0.406 e. The highest BCUT2D eigenvalue weighted by molar-refractivity contribution is 5.89. The van der Waals surface area contributed by atoms with Crippen LogP contribution in [-0.2, 0) is 0 Å². The summed E-state index contributed by atoms with van der Waals surface area (Å²) >= 11 is 0. The standard InChI is InChI=1S/C14H19F3N2O3/c1-9(2)19(8-10(3)20)13(21)18-11-4-6-12(7-5-11)22-14(15,16)17/h4-7,9-10,20H,8H2,1-3H3,(H,18,21). The van der Waals surface area contributed by atoms with Crippen LogP contribution in [0.5, 0.6) is 5.75 Å².